The third-order valence-corrected chi connectivity index (χ3v) is 7.30. The van der Waals surface area contributed by atoms with Crippen molar-refractivity contribution in [2.45, 2.75) is 13.3 Å². The first-order valence-electron chi connectivity index (χ1n) is 9.65. The number of halogens is 1. The molecule has 2 saturated carbocycles. The lowest BCUT2D eigenvalue weighted by Gasteiger charge is -2.37. The highest BCUT2D eigenvalue weighted by Crippen LogP contribution is 2.65. The van der Waals surface area contributed by atoms with Gasteiger partial charge in [0.2, 0.25) is 0 Å². The maximum atomic E-state index is 13.0. The van der Waals surface area contributed by atoms with Crippen LogP contribution in [0.1, 0.15) is 18.9 Å². The first-order valence-corrected chi connectivity index (χ1v) is 10.7. The Morgan fingerprint density at radius 3 is 2.39 bits per heavy atom. The van der Waals surface area contributed by atoms with E-state index in [0.29, 0.717) is 29.9 Å². The molecule has 1 saturated heterocycles. The number of methoxy groups -OCH3 is 1. The fourth-order valence-electron chi connectivity index (χ4n) is 5.28. The molecule has 2 amide bonds. The first kappa shape index (κ1) is 18.1. The Hall–Kier alpha value is -1.90. The molecule has 5 aliphatic rings. The molecule has 1 aromatic rings. The topological polar surface area (TPSA) is 68.2 Å². The number of carbonyl (C=O) groups is 2. The third kappa shape index (κ3) is 2.54. The predicted octanol–water partition coefficient (Wildman–Crippen LogP) is 3.09. The van der Waals surface area contributed by atoms with Crippen LogP contribution in [0.2, 0.25) is 0 Å². The molecule has 0 aromatic heterocycles. The Morgan fingerprint density at radius 1 is 1.18 bits per heavy atom. The zero-order valence-corrected chi connectivity index (χ0v) is 17.8. The van der Waals surface area contributed by atoms with Crippen molar-refractivity contribution >= 4 is 40.6 Å². The summed E-state index contributed by atoms with van der Waals surface area (Å²) in [5, 5.41) is 5.39. The molecule has 1 aliphatic heterocycles. The maximum absolute atomic E-state index is 13.0. The van der Waals surface area contributed by atoms with Gasteiger partial charge in [-0.05, 0) is 77.3 Å². The van der Waals surface area contributed by atoms with Crippen molar-refractivity contribution in [1.82, 2.24) is 5.01 Å². The Bertz CT molecular complexity index is 891. The van der Waals surface area contributed by atoms with Crippen LogP contribution in [-0.4, -0.2) is 36.8 Å². The number of nitrogens with zero attached hydrogens (tertiary/aromatic N) is 2. The second-order valence-electron chi connectivity index (χ2n) is 7.85. The lowest BCUT2D eigenvalue weighted by molar-refractivity contribution is -0.140. The van der Waals surface area contributed by atoms with Gasteiger partial charge in [0.05, 0.1) is 35.3 Å². The SMILES string of the molecule is CCOc1c(I)cc(/C=N\N2C(=O)[C@@H]3[C@H]4C=C[C@@H]([C@@H]5C[C@H]45)[C@@H]3C2=O)cc1OC. The second-order valence-corrected chi connectivity index (χ2v) is 9.02. The number of hydrogen-bond donors (Lipinski definition) is 0. The van der Waals surface area contributed by atoms with Crippen LogP contribution in [0.4, 0.5) is 0 Å². The van der Waals surface area contributed by atoms with E-state index in [1.54, 1.807) is 19.4 Å². The van der Waals surface area contributed by atoms with Gasteiger partial charge in [-0.15, -0.1) is 0 Å². The van der Waals surface area contributed by atoms with Crippen molar-refractivity contribution in [3.63, 3.8) is 0 Å². The van der Waals surface area contributed by atoms with Crippen molar-refractivity contribution in [3.8, 4) is 11.5 Å². The third-order valence-electron chi connectivity index (χ3n) is 6.50. The van der Waals surface area contributed by atoms with Crippen LogP contribution in [0.3, 0.4) is 0 Å². The molecule has 0 spiro atoms. The molecule has 6 rings (SSSR count). The monoisotopic (exact) mass is 492 g/mol. The van der Waals surface area contributed by atoms with Gasteiger partial charge < -0.3 is 9.47 Å². The minimum Gasteiger partial charge on any atom is -0.493 e. The smallest absolute Gasteiger partial charge is 0.254 e. The Labute approximate surface area is 177 Å². The molecule has 4 aliphatic carbocycles. The van der Waals surface area contributed by atoms with E-state index in [0.717, 1.165) is 20.6 Å². The molecule has 146 valence electrons. The lowest BCUT2D eigenvalue weighted by atomic mass is 9.63. The molecule has 1 heterocycles. The summed E-state index contributed by atoms with van der Waals surface area (Å²) in [6, 6.07) is 3.70. The van der Waals surface area contributed by atoms with Gasteiger partial charge in [0.25, 0.3) is 11.8 Å². The van der Waals surface area contributed by atoms with Gasteiger partial charge >= 0.3 is 0 Å². The summed E-state index contributed by atoms with van der Waals surface area (Å²) in [5.41, 5.74) is 0.754. The fraction of sp³-hybridized carbons (Fsp3) is 0.476. The summed E-state index contributed by atoms with van der Waals surface area (Å²) >= 11 is 2.18. The first-order chi connectivity index (χ1) is 13.5. The molecular formula is C21H21IN2O4. The number of benzene rings is 1. The zero-order chi connectivity index (χ0) is 19.6. The summed E-state index contributed by atoms with van der Waals surface area (Å²) in [5.74, 6) is 2.15. The highest BCUT2D eigenvalue weighted by Gasteiger charge is 2.67. The van der Waals surface area contributed by atoms with Crippen LogP contribution in [0.5, 0.6) is 11.5 Å². The van der Waals surface area contributed by atoms with E-state index in [4.69, 9.17) is 9.47 Å². The molecule has 0 radical (unpaired) electrons. The minimum absolute atomic E-state index is 0.149. The Balaban J connectivity index is 1.41. The van der Waals surface area contributed by atoms with E-state index >= 15 is 0 Å². The highest BCUT2D eigenvalue weighted by molar-refractivity contribution is 14.1. The average Bonchev–Trinajstić information content (AvgIpc) is 3.47. The number of rotatable bonds is 5. The molecule has 6 atom stereocenters. The minimum atomic E-state index is -0.224. The number of hydrazone groups is 1. The van der Waals surface area contributed by atoms with E-state index in [2.05, 4.69) is 39.8 Å². The van der Waals surface area contributed by atoms with Gasteiger partial charge in [0, 0.05) is 0 Å². The average molecular weight is 492 g/mol. The van der Waals surface area contributed by atoms with Gasteiger partial charge in [0.15, 0.2) is 11.5 Å². The fourth-order valence-corrected chi connectivity index (χ4v) is 6.06. The largest absolute Gasteiger partial charge is 0.493 e. The van der Waals surface area contributed by atoms with Gasteiger partial charge in [-0.25, -0.2) is 0 Å². The molecule has 0 N–H and O–H groups in total. The number of carbonyl (C=O) groups excluding carboxylic acids is 2. The predicted molar refractivity (Wildman–Crippen MR) is 111 cm³/mol. The van der Waals surface area contributed by atoms with Crippen LogP contribution >= 0.6 is 22.6 Å². The number of allylic oxidation sites excluding steroid dienone is 2. The molecule has 1 aromatic carbocycles. The van der Waals surface area contributed by atoms with Crippen LogP contribution in [0.15, 0.2) is 29.4 Å². The van der Waals surface area contributed by atoms with Gasteiger partial charge in [-0.2, -0.15) is 10.1 Å². The number of imide groups is 1. The van der Waals surface area contributed by atoms with Crippen molar-refractivity contribution in [3.05, 3.63) is 33.4 Å². The molecule has 0 unspecified atom stereocenters. The molecule has 28 heavy (non-hydrogen) atoms. The van der Waals surface area contributed by atoms with Crippen molar-refractivity contribution in [1.29, 1.82) is 0 Å². The zero-order valence-electron chi connectivity index (χ0n) is 15.7. The van der Waals surface area contributed by atoms with E-state index in [1.165, 1.54) is 0 Å². The molecule has 6 nitrogen and oxygen atoms in total. The van der Waals surface area contributed by atoms with Crippen LogP contribution in [-0.2, 0) is 9.59 Å². The van der Waals surface area contributed by atoms with Crippen LogP contribution in [0, 0.1) is 39.1 Å². The summed E-state index contributed by atoms with van der Waals surface area (Å²) in [6.07, 6.45) is 7.04. The summed E-state index contributed by atoms with van der Waals surface area (Å²) in [4.78, 5) is 25.9. The highest BCUT2D eigenvalue weighted by atomic mass is 127. The maximum Gasteiger partial charge on any atom is 0.254 e. The summed E-state index contributed by atoms with van der Waals surface area (Å²) < 4.78 is 11.9. The summed E-state index contributed by atoms with van der Waals surface area (Å²) in [7, 11) is 1.58. The van der Waals surface area contributed by atoms with E-state index in [-0.39, 0.29) is 35.5 Å². The summed E-state index contributed by atoms with van der Waals surface area (Å²) in [6.45, 7) is 2.46. The second kappa shape index (κ2) is 6.57. The van der Waals surface area contributed by atoms with E-state index in [1.807, 2.05) is 13.0 Å². The molecule has 3 fully saturated rings. The standard InChI is InChI=1S/C21H21IN2O4/c1-3-28-19-15(22)6-10(7-16(19)27-2)9-23-24-20(25)17-11-4-5-12(14-8-13(11)14)18(17)21(24)26/h4-7,9,11-14,17-18H,3,8H2,1-2H3/b23-9-/t11-,12-,13-,14+,17-,18+/m0/s1. The lowest BCUT2D eigenvalue weighted by Crippen LogP contribution is -2.40. The molecule has 2 bridgehead atoms. The van der Waals surface area contributed by atoms with Crippen molar-refractivity contribution < 1.29 is 19.1 Å². The normalized spacial score (nSPS) is 34.8. The quantitative estimate of drug-likeness (QED) is 0.274. The molecule has 7 heteroatoms. The number of hydrogen-bond acceptors (Lipinski definition) is 5. The Morgan fingerprint density at radius 2 is 1.82 bits per heavy atom. The van der Waals surface area contributed by atoms with Crippen LogP contribution in [0.25, 0.3) is 0 Å². The van der Waals surface area contributed by atoms with E-state index in [9.17, 15) is 9.59 Å². The van der Waals surface area contributed by atoms with Gasteiger partial charge in [0.1, 0.15) is 0 Å². The van der Waals surface area contributed by atoms with Gasteiger partial charge in [-0.3, -0.25) is 9.59 Å². The number of amides is 2. The van der Waals surface area contributed by atoms with Crippen molar-refractivity contribution in [2.75, 3.05) is 13.7 Å². The van der Waals surface area contributed by atoms with Crippen LogP contribution < -0.4 is 9.47 Å². The van der Waals surface area contributed by atoms with E-state index < -0.39 is 0 Å². The number of ether oxygens (including phenoxy) is 2. The van der Waals surface area contributed by atoms with Gasteiger partial charge in [-0.1, -0.05) is 12.2 Å². The molecular weight excluding hydrogens is 471 g/mol. The van der Waals surface area contributed by atoms with Crippen molar-refractivity contribution in [2.24, 2.45) is 40.6 Å². The Kier molecular flexibility index (Phi) is 4.26.